The van der Waals surface area contributed by atoms with Crippen LogP contribution in [-0.2, 0) is 0 Å². The van der Waals surface area contributed by atoms with Crippen molar-refractivity contribution in [3.63, 3.8) is 0 Å². The van der Waals surface area contributed by atoms with Gasteiger partial charge in [-0.2, -0.15) is 0 Å². The van der Waals surface area contributed by atoms with Gasteiger partial charge in [-0.25, -0.2) is 0 Å². The van der Waals surface area contributed by atoms with Crippen molar-refractivity contribution < 1.29 is 9.90 Å². The molecule has 0 atom stereocenters. The summed E-state index contributed by atoms with van der Waals surface area (Å²) in [4.78, 5) is 13.2. The summed E-state index contributed by atoms with van der Waals surface area (Å²) in [5.74, 6) is -0.184. The van der Waals surface area contributed by atoms with Crippen molar-refractivity contribution >= 4 is 17.5 Å². The highest BCUT2D eigenvalue weighted by Crippen LogP contribution is 2.24. The molecule has 1 amide bonds. The first-order valence-electron chi connectivity index (χ1n) is 4.41. The molecule has 0 aliphatic heterocycles. The molecule has 0 radical (unpaired) electrons. The Bertz CT molecular complexity index is 390. The van der Waals surface area contributed by atoms with Crippen molar-refractivity contribution in [1.29, 1.82) is 0 Å². The first-order chi connectivity index (χ1) is 7.06. The molecular formula is C11H12ClNO2. The number of nitrogens with zero attached hydrogens (tertiary/aromatic N) is 1. The molecule has 1 aromatic rings. The molecule has 0 aromatic heterocycles. The highest BCUT2D eigenvalue weighted by Gasteiger charge is 2.11. The topological polar surface area (TPSA) is 40.5 Å². The lowest BCUT2D eigenvalue weighted by atomic mass is 10.2. The first kappa shape index (κ1) is 11.6. The third-order valence-electron chi connectivity index (χ3n) is 1.94. The average Bonchev–Trinajstić information content (AvgIpc) is 2.21. The molecule has 80 valence electrons. The maximum absolute atomic E-state index is 11.7. The van der Waals surface area contributed by atoms with E-state index in [1.165, 1.54) is 23.1 Å². The van der Waals surface area contributed by atoms with Gasteiger partial charge < -0.3 is 10.0 Å². The predicted molar refractivity (Wildman–Crippen MR) is 60.3 cm³/mol. The largest absolute Gasteiger partial charge is 0.506 e. The smallest absolute Gasteiger partial charge is 0.253 e. The summed E-state index contributed by atoms with van der Waals surface area (Å²) in [7, 11) is 1.67. The van der Waals surface area contributed by atoms with Crippen molar-refractivity contribution in [2.45, 2.75) is 0 Å². The highest BCUT2D eigenvalue weighted by molar-refractivity contribution is 6.32. The molecule has 0 bridgehead atoms. The van der Waals surface area contributed by atoms with E-state index in [4.69, 9.17) is 11.6 Å². The average molecular weight is 226 g/mol. The van der Waals surface area contributed by atoms with E-state index < -0.39 is 0 Å². The Labute approximate surface area is 93.6 Å². The zero-order chi connectivity index (χ0) is 11.4. The fourth-order valence-corrected chi connectivity index (χ4v) is 1.32. The number of benzene rings is 1. The van der Waals surface area contributed by atoms with Crippen LogP contribution in [0.2, 0.25) is 5.02 Å². The van der Waals surface area contributed by atoms with Crippen LogP contribution in [0.1, 0.15) is 10.4 Å². The zero-order valence-corrected chi connectivity index (χ0v) is 9.16. The monoisotopic (exact) mass is 225 g/mol. The fourth-order valence-electron chi connectivity index (χ4n) is 1.14. The summed E-state index contributed by atoms with van der Waals surface area (Å²) in [6.07, 6.45) is 1.64. The Balaban J connectivity index is 2.91. The number of phenolic OH excluding ortho intramolecular Hbond substituents is 1. The van der Waals surface area contributed by atoms with E-state index in [0.29, 0.717) is 12.1 Å². The van der Waals surface area contributed by atoms with Gasteiger partial charge in [-0.3, -0.25) is 4.79 Å². The van der Waals surface area contributed by atoms with Crippen LogP contribution < -0.4 is 0 Å². The summed E-state index contributed by atoms with van der Waals surface area (Å²) >= 11 is 5.70. The Hall–Kier alpha value is -1.48. The molecule has 0 aliphatic rings. The third-order valence-corrected chi connectivity index (χ3v) is 2.25. The van der Waals surface area contributed by atoms with Crippen molar-refractivity contribution in [2.24, 2.45) is 0 Å². The summed E-state index contributed by atoms with van der Waals surface area (Å²) in [5.41, 5.74) is 0.446. The first-order valence-corrected chi connectivity index (χ1v) is 4.79. The molecule has 0 fully saturated rings. The lowest BCUT2D eigenvalue weighted by molar-refractivity contribution is 0.0810. The lowest BCUT2D eigenvalue weighted by Crippen LogP contribution is -2.26. The van der Waals surface area contributed by atoms with Gasteiger partial charge in [0.2, 0.25) is 0 Å². The number of rotatable bonds is 3. The van der Waals surface area contributed by atoms with Crippen LogP contribution in [0, 0.1) is 0 Å². The molecule has 4 heteroatoms. The second-order valence-corrected chi connectivity index (χ2v) is 3.55. The Kier molecular flexibility index (Phi) is 3.74. The van der Waals surface area contributed by atoms with Crippen LogP contribution in [0.4, 0.5) is 0 Å². The quantitative estimate of drug-likeness (QED) is 0.802. The van der Waals surface area contributed by atoms with E-state index in [2.05, 4.69) is 6.58 Å². The van der Waals surface area contributed by atoms with Crippen LogP contribution in [0.15, 0.2) is 30.9 Å². The van der Waals surface area contributed by atoms with Crippen LogP contribution in [0.5, 0.6) is 5.75 Å². The maximum Gasteiger partial charge on any atom is 0.253 e. The van der Waals surface area contributed by atoms with Gasteiger partial charge in [0.15, 0.2) is 0 Å². The molecule has 0 saturated heterocycles. The van der Waals surface area contributed by atoms with Gasteiger partial charge in [-0.1, -0.05) is 17.7 Å². The van der Waals surface area contributed by atoms with E-state index in [9.17, 15) is 9.90 Å². The number of likely N-dealkylation sites (N-methyl/N-ethyl adjacent to an activating group) is 1. The summed E-state index contributed by atoms with van der Waals surface area (Å²) in [6, 6.07) is 4.37. The molecule has 1 rings (SSSR count). The molecule has 3 nitrogen and oxygen atoms in total. The van der Waals surface area contributed by atoms with Crippen molar-refractivity contribution in [3.05, 3.63) is 41.4 Å². The normalized spacial score (nSPS) is 9.73. The van der Waals surface area contributed by atoms with Gasteiger partial charge in [-0.05, 0) is 18.2 Å². The van der Waals surface area contributed by atoms with Gasteiger partial charge in [0.25, 0.3) is 5.91 Å². The minimum atomic E-state index is -0.156. The summed E-state index contributed by atoms with van der Waals surface area (Å²) < 4.78 is 0. The number of amides is 1. The highest BCUT2D eigenvalue weighted by atomic mass is 35.5. The Morgan fingerprint density at radius 1 is 1.67 bits per heavy atom. The minimum Gasteiger partial charge on any atom is -0.506 e. The molecule has 1 aromatic carbocycles. The fraction of sp³-hybridized carbons (Fsp3) is 0.182. The maximum atomic E-state index is 11.7. The van der Waals surface area contributed by atoms with Crippen molar-refractivity contribution in [3.8, 4) is 5.75 Å². The standard InChI is InChI=1S/C11H12ClNO2/c1-3-6-13(2)11(15)8-4-5-10(14)9(12)7-8/h3-5,7,14H,1,6H2,2H3. The number of carbonyl (C=O) groups excluding carboxylic acids is 1. The van der Waals surface area contributed by atoms with Gasteiger partial charge in [-0.15, -0.1) is 6.58 Å². The molecule has 0 aliphatic carbocycles. The number of phenols is 1. The number of halogens is 1. The van der Waals surface area contributed by atoms with Crippen molar-refractivity contribution in [2.75, 3.05) is 13.6 Å². The molecule has 0 saturated carbocycles. The van der Waals surface area contributed by atoms with Gasteiger partial charge in [0.05, 0.1) is 5.02 Å². The number of hydrogen-bond acceptors (Lipinski definition) is 2. The van der Waals surface area contributed by atoms with E-state index >= 15 is 0 Å². The molecule has 15 heavy (non-hydrogen) atoms. The number of hydrogen-bond donors (Lipinski definition) is 1. The van der Waals surface area contributed by atoms with Gasteiger partial charge >= 0.3 is 0 Å². The SMILES string of the molecule is C=CCN(C)C(=O)c1ccc(O)c(Cl)c1. The van der Waals surface area contributed by atoms with E-state index in [1.54, 1.807) is 13.1 Å². The lowest BCUT2D eigenvalue weighted by Gasteiger charge is -2.14. The Morgan fingerprint density at radius 2 is 2.33 bits per heavy atom. The summed E-state index contributed by atoms with van der Waals surface area (Å²) in [5, 5.41) is 9.37. The molecule has 1 N–H and O–H groups in total. The predicted octanol–water partition coefficient (Wildman–Crippen LogP) is 2.30. The van der Waals surface area contributed by atoms with E-state index in [-0.39, 0.29) is 16.7 Å². The number of aromatic hydroxyl groups is 1. The minimum absolute atomic E-state index is 0.0282. The van der Waals surface area contributed by atoms with E-state index in [0.717, 1.165) is 0 Å². The number of carbonyl (C=O) groups is 1. The van der Waals surface area contributed by atoms with E-state index in [1.807, 2.05) is 0 Å². The van der Waals surface area contributed by atoms with Crippen LogP contribution in [-0.4, -0.2) is 29.5 Å². The Morgan fingerprint density at radius 3 is 2.87 bits per heavy atom. The molecule has 0 unspecified atom stereocenters. The zero-order valence-electron chi connectivity index (χ0n) is 8.40. The van der Waals surface area contributed by atoms with Crippen LogP contribution in [0.25, 0.3) is 0 Å². The van der Waals surface area contributed by atoms with Gasteiger partial charge in [0.1, 0.15) is 5.75 Å². The summed E-state index contributed by atoms with van der Waals surface area (Å²) in [6.45, 7) is 4.02. The van der Waals surface area contributed by atoms with Crippen LogP contribution in [0.3, 0.4) is 0 Å². The second kappa shape index (κ2) is 4.84. The second-order valence-electron chi connectivity index (χ2n) is 3.14. The molecular weight excluding hydrogens is 214 g/mol. The van der Waals surface area contributed by atoms with Gasteiger partial charge in [0, 0.05) is 19.2 Å². The van der Waals surface area contributed by atoms with Crippen LogP contribution >= 0.6 is 11.6 Å². The van der Waals surface area contributed by atoms with Crippen molar-refractivity contribution in [1.82, 2.24) is 4.90 Å². The molecule has 0 heterocycles. The molecule has 0 spiro atoms. The third kappa shape index (κ3) is 2.73.